The lowest BCUT2D eigenvalue weighted by Gasteiger charge is -2.24. The first-order chi connectivity index (χ1) is 13.3. The smallest absolute Gasteiger partial charge is 0.357 e. The summed E-state index contributed by atoms with van der Waals surface area (Å²) in [6, 6.07) is 8.97. The van der Waals surface area contributed by atoms with Crippen molar-refractivity contribution in [2.75, 3.05) is 29.9 Å². The first-order valence-electron chi connectivity index (χ1n) is 8.56. The zero-order valence-electron chi connectivity index (χ0n) is 15.6. The standard InChI is InChI=1S/C18H22N4O5S/c1-3-22(4-2)16-9-8-13(28(19,25)26)11-15(16)21-17(23)12-27-18(24)14-7-5-6-10-20-14/h5-11H,3-4,12H2,1-2H3,(H,21,23)(H2,19,25,26). The van der Waals surface area contributed by atoms with E-state index < -0.39 is 28.5 Å². The highest BCUT2D eigenvalue weighted by molar-refractivity contribution is 7.89. The number of amides is 1. The van der Waals surface area contributed by atoms with E-state index in [4.69, 9.17) is 9.88 Å². The van der Waals surface area contributed by atoms with Gasteiger partial charge in [-0.2, -0.15) is 0 Å². The second kappa shape index (κ2) is 9.29. The van der Waals surface area contributed by atoms with Crippen molar-refractivity contribution in [3.8, 4) is 0 Å². The molecule has 0 fully saturated rings. The van der Waals surface area contributed by atoms with E-state index in [1.165, 1.54) is 24.4 Å². The maximum Gasteiger partial charge on any atom is 0.357 e. The number of anilines is 2. The molecule has 9 nitrogen and oxygen atoms in total. The number of hydrogen-bond acceptors (Lipinski definition) is 7. The number of primary sulfonamides is 1. The fraction of sp³-hybridized carbons (Fsp3) is 0.278. The zero-order valence-corrected chi connectivity index (χ0v) is 16.4. The van der Waals surface area contributed by atoms with Crippen LogP contribution in [0.2, 0.25) is 0 Å². The van der Waals surface area contributed by atoms with Crippen LogP contribution in [-0.4, -0.2) is 45.0 Å². The van der Waals surface area contributed by atoms with Crippen LogP contribution in [0.15, 0.2) is 47.5 Å². The number of nitrogens with one attached hydrogen (secondary N) is 1. The van der Waals surface area contributed by atoms with Gasteiger partial charge in [0.15, 0.2) is 6.61 Å². The number of nitrogens with zero attached hydrogens (tertiary/aromatic N) is 2. The molecule has 2 aromatic rings. The molecular formula is C18H22N4O5S. The normalized spacial score (nSPS) is 11.0. The maximum absolute atomic E-state index is 12.3. The third-order valence-corrected chi connectivity index (χ3v) is 4.79. The summed E-state index contributed by atoms with van der Waals surface area (Å²) >= 11 is 0. The number of nitrogens with two attached hydrogens (primary N) is 1. The summed E-state index contributed by atoms with van der Waals surface area (Å²) < 4.78 is 28.2. The number of pyridine rings is 1. The van der Waals surface area contributed by atoms with Crippen LogP contribution in [-0.2, 0) is 19.6 Å². The number of benzene rings is 1. The number of carbonyl (C=O) groups is 2. The fourth-order valence-corrected chi connectivity index (χ4v) is 3.05. The Bertz CT molecular complexity index is 944. The largest absolute Gasteiger partial charge is 0.451 e. The Balaban J connectivity index is 2.17. The van der Waals surface area contributed by atoms with Crippen molar-refractivity contribution in [3.05, 3.63) is 48.3 Å². The molecule has 0 aliphatic carbocycles. The molecule has 0 bridgehead atoms. The summed E-state index contributed by atoms with van der Waals surface area (Å²) in [5.41, 5.74) is 0.964. The molecule has 0 spiro atoms. The number of sulfonamides is 1. The van der Waals surface area contributed by atoms with Gasteiger partial charge in [-0.05, 0) is 44.2 Å². The van der Waals surface area contributed by atoms with Crippen molar-refractivity contribution in [3.63, 3.8) is 0 Å². The summed E-state index contributed by atoms with van der Waals surface area (Å²) in [7, 11) is -3.94. The van der Waals surface area contributed by atoms with Crippen LogP contribution in [0.3, 0.4) is 0 Å². The van der Waals surface area contributed by atoms with Gasteiger partial charge >= 0.3 is 5.97 Å². The van der Waals surface area contributed by atoms with Crippen LogP contribution in [0.1, 0.15) is 24.3 Å². The summed E-state index contributed by atoms with van der Waals surface area (Å²) in [5.74, 6) is -1.36. The van der Waals surface area contributed by atoms with Gasteiger partial charge in [0.05, 0.1) is 16.3 Å². The zero-order chi connectivity index (χ0) is 20.7. The van der Waals surface area contributed by atoms with Crippen molar-refractivity contribution in [2.45, 2.75) is 18.7 Å². The molecule has 0 atom stereocenters. The molecule has 3 N–H and O–H groups in total. The van der Waals surface area contributed by atoms with Crippen molar-refractivity contribution >= 4 is 33.3 Å². The number of hydrogen-bond donors (Lipinski definition) is 2. The molecule has 1 heterocycles. The van der Waals surface area contributed by atoms with E-state index in [2.05, 4.69) is 10.3 Å². The van der Waals surface area contributed by atoms with Gasteiger partial charge in [-0.1, -0.05) is 6.07 Å². The van der Waals surface area contributed by atoms with Crippen LogP contribution >= 0.6 is 0 Å². The Morgan fingerprint density at radius 1 is 1.18 bits per heavy atom. The minimum atomic E-state index is -3.94. The van der Waals surface area contributed by atoms with E-state index in [0.29, 0.717) is 18.8 Å². The lowest BCUT2D eigenvalue weighted by atomic mass is 10.2. The molecule has 1 amide bonds. The number of ether oxygens (including phenoxy) is 1. The second-order valence-corrected chi connectivity index (χ2v) is 7.30. The first-order valence-corrected chi connectivity index (χ1v) is 10.1. The Morgan fingerprint density at radius 3 is 2.46 bits per heavy atom. The summed E-state index contributed by atoms with van der Waals surface area (Å²) in [5, 5.41) is 7.76. The molecular weight excluding hydrogens is 384 g/mol. The van der Waals surface area contributed by atoms with Gasteiger partial charge in [-0.15, -0.1) is 0 Å². The van der Waals surface area contributed by atoms with Crippen molar-refractivity contribution < 1.29 is 22.7 Å². The van der Waals surface area contributed by atoms with Crippen LogP contribution in [0.4, 0.5) is 11.4 Å². The minimum absolute atomic E-state index is 0.0790. The summed E-state index contributed by atoms with van der Waals surface area (Å²) in [6.07, 6.45) is 1.44. The number of carbonyl (C=O) groups excluding carboxylic acids is 2. The Labute approximate surface area is 163 Å². The Hall–Kier alpha value is -2.98. The topological polar surface area (TPSA) is 132 Å². The quantitative estimate of drug-likeness (QED) is 0.633. The third kappa shape index (κ3) is 5.51. The summed E-state index contributed by atoms with van der Waals surface area (Å²) in [4.78, 5) is 29.8. The van der Waals surface area contributed by atoms with Crippen LogP contribution in [0, 0.1) is 0 Å². The van der Waals surface area contributed by atoms with E-state index in [-0.39, 0.29) is 16.3 Å². The van der Waals surface area contributed by atoms with E-state index in [1.807, 2.05) is 18.7 Å². The third-order valence-electron chi connectivity index (χ3n) is 3.88. The molecule has 150 valence electrons. The molecule has 0 saturated carbocycles. The monoisotopic (exact) mass is 406 g/mol. The van der Waals surface area contributed by atoms with Crippen molar-refractivity contribution in [2.24, 2.45) is 5.14 Å². The first kappa shape index (κ1) is 21.3. The highest BCUT2D eigenvalue weighted by atomic mass is 32.2. The predicted molar refractivity (Wildman–Crippen MR) is 105 cm³/mol. The van der Waals surface area contributed by atoms with Crippen LogP contribution < -0.4 is 15.4 Å². The molecule has 28 heavy (non-hydrogen) atoms. The van der Waals surface area contributed by atoms with Gasteiger partial charge in [-0.25, -0.2) is 23.3 Å². The highest BCUT2D eigenvalue weighted by Gasteiger charge is 2.17. The molecule has 0 saturated heterocycles. The van der Waals surface area contributed by atoms with Gasteiger partial charge in [0.1, 0.15) is 5.69 Å². The lowest BCUT2D eigenvalue weighted by molar-refractivity contribution is -0.119. The van der Waals surface area contributed by atoms with E-state index in [0.717, 1.165) is 0 Å². The maximum atomic E-state index is 12.3. The number of esters is 1. The van der Waals surface area contributed by atoms with Gasteiger partial charge in [0, 0.05) is 19.3 Å². The predicted octanol–water partition coefficient (Wildman–Crippen LogP) is 1.37. The van der Waals surface area contributed by atoms with E-state index >= 15 is 0 Å². The minimum Gasteiger partial charge on any atom is -0.451 e. The van der Waals surface area contributed by atoms with Crippen LogP contribution in [0.5, 0.6) is 0 Å². The van der Waals surface area contributed by atoms with Gasteiger partial charge in [-0.3, -0.25) is 4.79 Å². The molecule has 0 radical (unpaired) electrons. The molecule has 1 aromatic heterocycles. The van der Waals surface area contributed by atoms with Gasteiger partial charge in [0.25, 0.3) is 5.91 Å². The van der Waals surface area contributed by atoms with Gasteiger partial charge in [0.2, 0.25) is 10.0 Å². The average molecular weight is 406 g/mol. The molecule has 0 unspecified atom stereocenters. The van der Waals surface area contributed by atoms with Crippen molar-refractivity contribution in [1.29, 1.82) is 0 Å². The molecule has 1 aromatic carbocycles. The molecule has 2 rings (SSSR count). The SMILES string of the molecule is CCN(CC)c1ccc(S(N)(=O)=O)cc1NC(=O)COC(=O)c1ccccn1. The average Bonchev–Trinajstić information content (AvgIpc) is 2.68. The van der Waals surface area contributed by atoms with Crippen LogP contribution in [0.25, 0.3) is 0 Å². The lowest BCUT2D eigenvalue weighted by Crippen LogP contribution is -2.26. The summed E-state index contributed by atoms with van der Waals surface area (Å²) in [6.45, 7) is 4.59. The van der Waals surface area contributed by atoms with Gasteiger partial charge < -0.3 is 15.0 Å². The van der Waals surface area contributed by atoms with E-state index in [1.54, 1.807) is 18.2 Å². The van der Waals surface area contributed by atoms with E-state index in [9.17, 15) is 18.0 Å². The Kier molecular flexibility index (Phi) is 7.07. The number of rotatable bonds is 8. The molecule has 0 aliphatic rings. The highest BCUT2D eigenvalue weighted by Crippen LogP contribution is 2.28. The second-order valence-electron chi connectivity index (χ2n) is 5.74. The van der Waals surface area contributed by atoms with Crippen molar-refractivity contribution in [1.82, 2.24) is 4.98 Å². The fourth-order valence-electron chi connectivity index (χ4n) is 2.51. The Morgan fingerprint density at radius 2 is 1.89 bits per heavy atom. The number of aromatic nitrogens is 1. The molecule has 10 heteroatoms. The molecule has 0 aliphatic heterocycles.